The molecule has 0 spiro atoms. The van der Waals surface area contributed by atoms with E-state index in [-0.39, 0.29) is 18.4 Å². The Bertz CT molecular complexity index is 970. The van der Waals surface area contributed by atoms with Crippen molar-refractivity contribution in [3.05, 3.63) is 34.9 Å². The number of ether oxygens (including phenoxy) is 2. The zero-order valence-corrected chi connectivity index (χ0v) is 25.3. The fourth-order valence-corrected chi connectivity index (χ4v) is 4.11. The highest BCUT2D eigenvalue weighted by Gasteiger charge is 2.37. The van der Waals surface area contributed by atoms with Crippen LogP contribution in [0.1, 0.15) is 96.4 Å². The number of unbranched alkanes of at least 4 members (excludes halogenated alkanes) is 4. The van der Waals surface area contributed by atoms with Gasteiger partial charge in [0, 0.05) is 6.54 Å². The van der Waals surface area contributed by atoms with Gasteiger partial charge in [0.15, 0.2) is 0 Å². The second-order valence-electron chi connectivity index (χ2n) is 11.4. The van der Waals surface area contributed by atoms with E-state index in [2.05, 4.69) is 22.3 Å². The summed E-state index contributed by atoms with van der Waals surface area (Å²) in [5, 5.41) is 5.36. The van der Waals surface area contributed by atoms with Crippen LogP contribution in [0.5, 0.6) is 0 Å². The molecule has 39 heavy (non-hydrogen) atoms. The Hall–Kier alpha value is -3.10. The van der Waals surface area contributed by atoms with Crippen LogP contribution < -0.4 is 10.6 Å². The summed E-state index contributed by atoms with van der Waals surface area (Å²) in [5.74, 6) is -1.74. The Morgan fingerprint density at radius 1 is 0.974 bits per heavy atom. The van der Waals surface area contributed by atoms with Crippen molar-refractivity contribution in [1.29, 1.82) is 0 Å². The number of aryl methyl sites for hydroxylation is 2. The van der Waals surface area contributed by atoms with E-state index >= 15 is 0 Å². The van der Waals surface area contributed by atoms with Gasteiger partial charge in [-0.1, -0.05) is 64.7 Å². The molecule has 220 valence electrons. The molecule has 0 heterocycles. The summed E-state index contributed by atoms with van der Waals surface area (Å²) in [6.45, 7) is 15.0. The van der Waals surface area contributed by atoms with Crippen LogP contribution in [-0.4, -0.2) is 60.6 Å². The number of benzene rings is 1. The van der Waals surface area contributed by atoms with E-state index in [9.17, 15) is 19.2 Å². The summed E-state index contributed by atoms with van der Waals surface area (Å²) in [7, 11) is 1.25. The standard InChI is InChI=1S/C30H49N3O6/c1-10-11-12-13-14-17-33(28(36)25(20(2)3)32-29(37)39-30(6,7)8)26(27(35)31-19-24(34)38-9)23-16-15-21(4)22(5)18-23/h15-16,18,20,25-26H,10-14,17,19H2,1-9H3,(H,31,35)(H,32,37). The minimum Gasteiger partial charge on any atom is -0.468 e. The monoisotopic (exact) mass is 547 g/mol. The lowest BCUT2D eigenvalue weighted by molar-refractivity contribution is -0.145. The minimum atomic E-state index is -1.01. The van der Waals surface area contributed by atoms with Crippen LogP contribution >= 0.6 is 0 Å². The van der Waals surface area contributed by atoms with Crippen molar-refractivity contribution < 1.29 is 28.7 Å². The van der Waals surface area contributed by atoms with Crippen molar-refractivity contribution in [2.24, 2.45) is 5.92 Å². The molecule has 1 aromatic rings. The molecule has 0 aliphatic heterocycles. The Morgan fingerprint density at radius 2 is 1.62 bits per heavy atom. The van der Waals surface area contributed by atoms with E-state index in [1.165, 1.54) is 12.0 Å². The summed E-state index contributed by atoms with van der Waals surface area (Å²) in [6, 6.07) is 3.70. The predicted octanol–water partition coefficient (Wildman–Crippen LogP) is 4.98. The Kier molecular flexibility index (Phi) is 14.0. The molecule has 2 atom stereocenters. The molecule has 0 radical (unpaired) electrons. The van der Waals surface area contributed by atoms with Gasteiger partial charge in [-0.15, -0.1) is 0 Å². The first-order valence-electron chi connectivity index (χ1n) is 13.9. The number of hydrogen-bond donors (Lipinski definition) is 2. The van der Waals surface area contributed by atoms with Crippen LogP contribution in [0.15, 0.2) is 18.2 Å². The molecule has 0 aromatic heterocycles. The zero-order valence-electron chi connectivity index (χ0n) is 25.3. The average Bonchev–Trinajstić information content (AvgIpc) is 2.85. The van der Waals surface area contributed by atoms with E-state index in [1.807, 2.05) is 45.9 Å². The van der Waals surface area contributed by atoms with Crippen molar-refractivity contribution in [3.63, 3.8) is 0 Å². The molecule has 0 aliphatic rings. The fourth-order valence-electron chi connectivity index (χ4n) is 4.11. The van der Waals surface area contributed by atoms with Crippen LogP contribution in [0.4, 0.5) is 4.79 Å². The number of rotatable bonds is 14. The molecule has 2 N–H and O–H groups in total. The smallest absolute Gasteiger partial charge is 0.408 e. The predicted molar refractivity (Wildman–Crippen MR) is 152 cm³/mol. The lowest BCUT2D eigenvalue weighted by atomic mass is 9.96. The maximum atomic E-state index is 14.2. The van der Waals surface area contributed by atoms with E-state index in [4.69, 9.17) is 4.74 Å². The molecule has 0 aliphatic carbocycles. The summed E-state index contributed by atoms with van der Waals surface area (Å²) >= 11 is 0. The maximum absolute atomic E-state index is 14.2. The molecular weight excluding hydrogens is 498 g/mol. The van der Waals surface area contributed by atoms with Crippen molar-refractivity contribution in [2.75, 3.05) is 20.2 Å². The van der Waals surface area contributed by atoms with Gasteiger partial charge in [0.2, 0.25) is 11.8 Å². The number of carbonyl (C=O) groups excluding carboxylic acids is 4. The van der Waals surface area contributed by atoms with Crippen molar-refractivity contribution in [3.8, 4) is 0 Å². The fraction of sp³-hybridized carbons (Fsp3) is 0.667. The van der Waals surface area contributed by atoms with Crippen LogP contribution in [0.3, 0.4) is 0 Å². The van der Waals surface area contributed by atoms with Crippen molar-refractivity contribution in [2.45, 2.75) is 105 Å². The SMILES string of the molecule is CCCCCCCN(C(=O)C(NC(=O)OC(C)(C)C)C(C)C)C(C(=O)NCC(=O)OC)c1ccc(C)c(C)c1. The molecule has 0 bridgehead atoms. The van der Waals surface area contributed by atoms with E-state index in [0.717, 1.165) is 36.8 Å². The third kappa shape index (κ3) is 11.7. The lowest BCUT2D eigenvalue weighted by Crippen LogP contribution is -2.55. The third-order valence-corrected chi connectivity index (χ3v) is 6.43. The van der Waals surface area contributed by atoms with Gasteiger partial charge >= 0.3 is 12.1 Å². The van der Waals surface area contributed by atoms with E-state index in [1.54, 1.807) is 20.8 Å². The van der Waals surface area contributed by atoms with Gasteiger partial charge in [0.05, 0.1) is 7.11 Å². The molecule has 3 amide bonds. The number of nitrogens with one attached hydrogen (secondary N) is 2. The highest BCUT2D eigenvalue weighted by Crippen LogP contribution is 2.26. The Balaban J connectivity index is 3.50. The number of esters is 1. The topological polar surface area (TPSA) is 114 Å². The first-order chi connectivity index (χ1) is 18.2. The van der Waals surface area contributed by atoms with E-state index in [0.29, 0.717) is 18.5 Å². The summed E-state index contributed by atoms with van der Waals surface area (Å²) in [5.41, 5.74) is 1.92. The quantitative estimate of drug-likeness (QED) is 0.251. The number of carbonyl (C=O) groups is 4. The number of nitrogens with zero attached hydrogens (tertiary/aromatic N) is 1. The molecule has 9 heteroatoms. The van der Waals surface area contributed by atoms with Crippen LogP contribution in [0.2, 0.25) is 0 Å². The first kappa shape index (κ1) is 33.9. The molecular formula is C30H49N3O6. The number of methoxy groups -OCH3 is 1. The Labute approximate surface area is 234 Å². The second-order valence-corrected chi connectivity index (χ2v) is 11.4. The van der Waals surface area contributed by atoms with Crippen molar-refractivity contribution >= 4 is 23.9 Å². The number of hydrogen-bond acceptors (Lipinski definition) is 6. The second kappa shape index (κ2) is 16.1. The van der Waals surface area contributed by atoms with Crippen molar-refractivity contribution in [1.82, 2.24) is 15.5 Å². The van der Waals surface area contributed by atoms with E-state index < -0.39 is 35.7 Å². The molecule has 1 rings (SSSR count). The molecule has 0 saturated carbocycles. The van der Waals surface area contributed by atoms with Crippen LogP contribution in [0, 0.1) is 19.8 Å². The summed E-state index contributed by atoms with van der Waals surface area (Å²) in [6.07, 6.45) is 4.07. The Morgan fingerprint density at radius 3 is 2.15 bits per heavy atom. The molecule has 0 saturated heterocycles. The maximum Gasteiger partial charge on any atom is 0.408 e. The average molecular weight is 548 g/mol. The number of alkyl carbamates (subject to hydrolysis) is 1. The summed E-state index contributed by atoms with van der Waals surface area (Å²) < 4.78 is 10.1. The van der Waals surface area contributed by atoms with Gasteiger partial charge in [-0.25, -0.2) is 4.79 Å². The lowest BCUT2D eigenvalue weighted by Gasteiger charge is -2.36. The summed E-state index contributed by atoms with van der Waals surface area (Å²) in [4.78, 5) is 53.8. The van der Waals surface area contributed by atoms with Gasteiger partial charge < -0.3 is 25.0 Å². The third-order valence-electron chi connectivity index (χ3n) is 6.43. The number of amides is 3. The van der Waals surface area contributed by atoms with Gasteiger partial charge in [-0.05, 0) is 63.6 Å². The van der Waals surface area contributed by atoms with Gasteiger partial charge in [0.1, 0.15) is 24.2 Å². The zero-order chi connectivity index (χ0) is 29.8. The largest absolute Gasteiger partial charge is 0.468 e. The van der Waals surface area contributed by atoms with Gasteiger partial charge in [0.25, 0.3) is 0 Å². The van der Waals surface area contributed by atoms with Gasteiger partial charge in [-0.3, -0.25) is 14.4 Å². The molecule has 0 fully saturated rings. The van der Waals surface area contributed by atoms with Gasteiger partial charge in [-0.2, -0.15) is 0 Å². The highest BCUT2D eigenvalue weighted by molar-refractivity contribution is 5.93. The minimum absolute atomic E-state index is 0.272. The normalized spacial score (nSPS) is 12.9. The van der Waals surface area contributed by atoms with Crippen LogP contribution in [0.25, 0.3) is 0 Å². The molecule has 1 aromatic carbocycles. The highest BCUT2D eigenvalue weighted by atomic mass is 16.6. The molecule has 2 unspecified atom stereocenters. The molecule has 9 nitrogen and oxygen atoms in total. The first-order valence-corrected chi connectivity index (χ1v) is 13.9. The van der Waals surface area contributed by atoms with Crippen LogP contribution in [-0.2, 0) is 23.9 Å².